The van der Waals surface area contributed by atoms with Crippen LogP contribution in [-0.4, -0.2) is 54.3 Å². The molecule has 170 valence electrons. The Morgan fingerprint density at radius 2 is 2.16 bits per heavy atom. The van der Waals surface area contributed by atoms with Gasteiger partial charge in [-0.15, -0.1) is 0 Å². The van der Waals surface area contributed by atoms with E-state index < -0.39 is 0 Å². The number of aromatic nitrogens is 4. The van der Waals surface area contributed by atoms with Gasteiger partial charge >= 0.3 is 0 Å². The first-order valence-electron chi connectivity index (χ1n) is 11.1. The zero-order valence-electron chi connectivity index (χ0n) is 19.2. The van der Waals surface area contributed by atoms with Crippen LogP contribution in [-0.2, 0) is 0 Å². The first-order valence-corrected chi connectivity index (χ1v) is 11.1. The van der Waals surface area contributed by atoms with Crippen LogP contribution >= 0.6 is 0 Å². The minimum atomic E-state index is -0.192. The molecule has 0 amide bonds. The highest BCUT2D eigenvalue weighted by Gasteiger charge is 2.35. The molecule has 0 aliphatic carbocycles. The lowest BCUT2D eigenvalue weighted by Crippen LogP contribution is -2.44. The second kappa shape index (κ2) is 9.02. The SMILES string of the molecule is C=C(O)C(C)CC1CCC(C)N1C1=C(C)C(Nc2ccc(-n3cncn3)nc2C)N=CN1. The lowest BCUT2D eigenvalue weighted by Gasteiger charge is -2.37. The van der Waals surface area contributed by atoms with Crippen LogP contribution in [0.25, 0.3) is 5.82 Å². The van der Waals surface area contributed by atoms with Gasteiger partial charge in [0, 0.05) is 23.6 Å². The third-order valence-electron chi connectivity index (χ3n) is 6.46. The number of nitrogens with one attached hydrogen (secondary N) is 2. The predicted octanol–water partition coefficient (Wildman–Crippen LogP) is 3.52. The first-order chi connectivity index (χ1) is 15.3. The number of hydrogen-bond acceptors (Lipinski definition) is 8. The fourth-order valence-electron chi connectivity index (χ4n) is 4.50. The number of hydrogen-bond donors (Lipinski definition) is 3. The van der Waals surface area contributed by atoms with Gasteiger partial charge in [-0.05, 0) is 52.2 Å². The molecule has 0 aromatic carbocycles. The van der Waals surface area contributed by atoms with E-state index in [1.54, 1.807) is 17.3 Å². The number of nitrogens with zero attached hydrogens (tertiary/aromatic N) is 6. The number of rotatable bonds is 7. The Morgan fingerprint density at radius 1 is 1.34 bits per heavy atom. The van der Waals surface area contributed by atoms with Crippen LogP contribution < -0.4 is 10.6 Å². The summed E-state index contributed by atoms with van der Waals surface area (Å²) < 4.78 is 1.64. The van der Waals surface area contributed by atoms with Gasteiger partial charge < -0.3 is 20.6 Å². The van der Waals surface area contributed by atoms with E-state index in [9.17, 15) is 5.11 Å². The molecule has 4 unspecified atom stereocenters. The topological polar surface area (TPSA) is 103 Å². The van der Waals surface area contributed by atoms with Crippen LogP contribution in [0.2, 0.25) is 0 Å². The van der Waals surface area contributed by atoms with Gasteiger partial charge in [0.15, 0.2) is 5.82 Å². The van der Waals surface area contributed by atoms with Gasteiger partial charge in [0.05, 0.1) is 23.5 Å². The average molecular weight is 437 g/mol. The number of aliphatic hydroxyl groups excluding tert-OH is 1. The molecule has 2 aliphatic rings. The Hall–Kier alpha value is -3.36. The molecule has 2 aromatic heterocycles. The maximum atomic E-state index is 9.82. The molecule has 1 saturated heterocycles. The first kappa shape index (κ1) is 21.9. The number of aliphatic imine (C=N–C) groups is 1. The van der Waals surface area contributed by atoms with Gasteiger partial charge in [-0.3, -0.25) is 0 Å². The normalized spacial score (nSPS) is 23.9. The monoisotopic (exact) mass is 436 g/mol. The van der Waals surface area contributed by atoms with Crippen molar-refractivity contribution in [3.8, 4) is 5.82 Å². The molecule has 9 heteroatoms. The number of allylic oxidation sites excluding steroid dienone is 1. The highest BCUT2D eigenvalue weighted by Crippen LogP contribution is 2.34. The Labute approximate surface area is 189 Å². The quantitative estimate of drug-likeness (QED) is 0.571. The summed E-state index contributed by atoms with van der Waals surface area (Å²) in [5.74, 6) is 2.14. The molecule has 0 spiro atoms. The van der Waals surface area contributed by atoms with Crippen molar-refractivity contribution >= 4 is 12.0 Å². The van der Waals surface area contributed by atoms with E-state index in [2.05, 4.69) is 56.0 Å². The Kier molecular flexibility index (Phi) is 6.16. The standard InChI is InChI=1S/C23H32N8O/c1-14(18(5)32)10-19-7-6-15(2)31(19)23-16(3)22(25-12-26-23)29-20-8-9-21(28-17(20)4)30-13-24-11-27-30/h8-9,11-15,19,22,29,32H,5-7,10H2,1-4H3,(H,25,26). The summed E-state index contributed by atoms with van der Waals surface area (Å²) in [6.45, 7) is 12.1. The molecule has 4 rings (SSSR count). The van der Waals surface area contributed by atoms with Crippen LogP contribution in [0.5, 0.6) is 0 Å². The number of aryl methyl sites for hydroxylation is 1. The molecule has 9 nitrogen and oxygen atoms in total. The van der Waals surface area contributed by atoms with Crippen LogP contribution in [0.15, 0.2) is 53.5 Å². The summed E-state index contributed by atoms with van der Waals surface area (Å²) in [6, 6.07) is 4.67. The summed E-state index contributed by atoms with van der Waals surface area (Å²) in [5.41, 5.74) is 2.91. The maximum Gasteiger partial charge on any atom is 0.155 e. The highest BCUT2D eigenvalue weighted by atomic mass is 16.3. The van der Waals surface area contributed by atoms with E-state index in [1.807, 2.05) is 26.0 Å². The second-order valence-corrected chi connectivity index (χ2v) is 8.76. The molecule has 32 heavy (non-hydrogen) atoms. The van der Waals surface area contributed by atoms with Crippen LogP contribution in [0, 0.1) is 12.8 Å². The van der Waals surface area contributed by atoms with Crippen LogP contribution in [0.1, 0.15) is 45.7 Å². The molecule has 4 atom stereocenters. The van der Waals surface area contributed by atoms with Gasteiger partial charge in [0.25, 0.3) is 0 Å². The van der Waals surface area contributed by atoms with E-state index in [0.717, 1.165) is 47.9 Å². The summed E-state index contributed by atoms with van der Waals surface area (Å²) in [5, 5.41) is 20.9. The molecule has 2 aromatic rings. The average Bonchev–Trinajstić information content (AvgIpc) is 3.41. The molecular weight excluding hydrogens is 404 g/mol. The molecule has 1 fully saturated rings. The van der Waals surface area contributed by atoms with Crippen molar-refractivity contribution in [3.05, 3.63) is 54.2 Å². The fraction of sp³-hybridized carbons (Fsp3) is 0.478. The third-order valence-corrected chi connectivity index (χ3v) is 6.46. The lowest BCUT2D eigenvalue weighted by molar-refractivity contribution is 0.211. The van der Waals surface area contributed by atoms with E-state index in [1.165, 1.54) is 6.33 Å². The van der Waals surface area contributed by atoms with Gasteiger partial charge in [0.2, 0.25) is 0 Å². The minimum Gasteiger partial charge on any atom is -0.513 e. The van der Waals surface area contributed by atoms with Crippen molar-refractivity contribution in [2.75, 3.05) is 5.32 Å². The van der Waals surface area contributed by atoms with E-state index in [0.29, 0.717) is 12.1 Å². The summed E-state index contributed by atoms with van der Waals surface area (Å²) >= 11 is 0. The fourth-order valence-corrected chi connectivity index (χ4v) is 4.50. The maximum absolute atomic E-state index is 9.82. The van der Waals surface area contributed by atoms with Gasteiger partial charge in [-0.25, -0.2) is 19.6 Å². The van der Waals surface area contributed by atoms with Crippen molar-refractivity contribution in [3.63, 3.8) is 0 Å². The van der Waals surface area contributed by atoms with E-state index in [-0.39, 0.29) is 17.8 Å². The largest absolute Gasteiger partial charge is 0.513 e. The Balaban J connectivity index is 1.54. The summed E-state index contributed by atoms with van der Waals surface area (Å²) in [7, 11) is 0. The van der Waals surface area contributed by atoms with Gasteiger partial charge in [-0.1, -0.05) is 13.5 Å². The zero-order valence-corrected chi connectivity index (χ0v) is 19.2. The molecule has 0 radical (unpaired) electrons. The molecule has 0 saturated carbocycles. The van der Waals surface area contributed by atoms with Crippen LogP contribution in [0.3, 0.4) is 0 Å². The van der Waals surface area contributed by atoms with Crippen molar-refractivity contribution in [1.29, 1.82) is 0 Å². The number of aliphatic hydroxyl groups is 1. The second-order valence-electron chi connectivity index (χ2n) is 8.76. The van der Waals surface area contributed by atoms with Crippen molar-refractivity contribution in [2.45, 2.75) is 65.2 Å². The van der Waals surface area contributed by atoms with Gasteiger partial charge in [0.1, 0.15) is 24.6 Å². The number of likely N-dealkylation sites (tertiary alicyclic amines) is 1. The highest BCUT2D eigenvalue weighted by molar-refractivity contribution is 5.63. The molecule has 4 heterocycles. The molecule has 2 aliphatic heterocycles. The molecule has 3 N–H and O–H groups in total. The number of anilines is 1. The molecular formula is C23H32N8O. The molecule has 0 bridgehead atoms. The lowest BCUT2D eigenvalue weighted by atomic mass is 9.98. The van der Waals surface area contributed by atoms with Crippen LogP contribution in [0.4, 0.5) is 5.69 Å². The van der Waals surface area contributed by atoms with E-state index in [4.69, 9.17) is 0 Å². The zero-order chi connectivity index (χ0) is 22.8. The van der Waals surface area contributed by atoms with Crippen molar-refractivity contribution < 1.29 is 5.11 Å². The number of pyridine rings is 1. The van der Waals surface area contributed by atoms with Crippen molar-refractivity contribution in [2.24, 2.45) is 10.9 Å². The predicted molar refractivity (Wildman–Crippen MR) is 126 cm³/mol. The summed E-state index contributed by atoms with van der Waals surface area (Å²) in [4.78, 5) is 15.7. The smallest absolute Gasteiger partial charge is 0.155 e. The van der Waals surface area contributed by atoms with E-state index >= 15 is 0 Å². The summed E-state index contributed by atoms with van der Waals surface area (Å²) in [6.07, 6.45) is 7.79. The Morgan fingerprint density at radius 3 is 2.84 bits per heavy atom. The minimum absolute atomic E-state index is 0.0668. The third kappa shape index (κ3) is 4.32. The van der Waals surface area contributed by atoms with Gasteiger partial charge in [-0.2, -0.15) is 5.10 Å². The van der Waals surface area contributed by atoms with Crippen molar-refractivity contribution in [1.82, 2.24) is 30.0 Å². The Bertz CT molecular complexity index is 1030.